The molecule has 0 atom stereocenters. The highest BCUT2D eigenvalue weighted by molar-refractivity contribution is 6.80. The third-order valence-electron chi connectivity index (χ3n) is 0.365. The van der Waals surface area contributed by atoms with Gasteiger partial charge in [0.15, 0.2) is 0 Å². The van der Waals surface area contributed by atoms with Gasteiger partial charge < -0.3 is 5.11 Å². The lowest BCUT2D eigenvalue weighted by molar-refractivity contribution is 0.248. The predicted molar refractivity (Wildman–Crippen MR) is 33.5 cm³/mol. The normalized spacial score (nSPS) is 7.71. The second-order valence-electron chi connectivity index (χ2n) is 1.58. The van der Waals surface area contributed by atoms with Crippen molar-refractivity contribution < 1.29 is 5.11 Å². The van der Waals surface area contributed by atoms with Gasteiger partial charge in [-0.15, -0.1) is 0 Å². The largest absolute Gasteiger partial charge is 1.59 e. The van der Waals surface area contributed by atoms with Gasteiger partial charge in [0.05, 0.1) is 0 Å². The van der Waals surface area contributed by atoms with E-state index in [2.05, 4.69) is 9.07 Å². The van der Waals surface area contributed by atoms with Gasteiger partial charge in [0.2, 0.25) is 0 Å². The number of hydrogen-bond donors (Lipinski definition) is 1. The van der Waals surface area contributed by atoms with Crippen molar-refractivity contribution in [1.29, 1.82) is 0 Å². The first-order valence-corrected chi connectivity index (χ1v) is 4.28. The first-order chi connectivity index (χ1) is 3.27. The summed E-state index contributed by atoms with van der Waals surface area (Å²) in [7, 11) is 4.67. The summed E-state index contributed by atoms with van der Waals surface area (Å²) in [6, 6.07) is 0. The van der Waals surface area contributed by atoms with E-state index < -0.39 is 0 Å². The Bertz CT molecular complexity index is 25.7. The first kappa shape index (κ1) is 10.9. The summed E-state index contributed by atoms with van der Waals surface area (Å²) in [6.07, 6.45) is 0. The van der Waals surface area contributed by atoms with Crippen molar-refractivity contribution in [1.82, 2.24) is 0 Å². The van der Waals surface area contributed by atoms with Crippen molar-refractivity contribution in [2.75, 3.05) is 6.61 Å². The summed E-state index contributed by atoms with van der Waals surface area (Å²) in [5, 5.41) is 8.14. The molecule has 0 spiro atoms. The molecule has 0 unspecified atom stereocenters. The SMILES string of the molecule is CC(C)CO.[Mg+2][Cl]. The van der Waals surface area contributed by atoms with Crippen LogP contribution in [0.4, 0.5) is 0 Å². The fourth-order valence-corrected chi connectivity index (χ4v) is 0. The Morgan fingerprint density at radius 1 is 1.57 bits per heavy atom. The molecule has 39 valence electrons. The molecule has 0 saturated carbocycles. The minimum Gasteiger partial charge on any atom is -0.396 e. The van der Waals surface area contributed by atoms with E-state index in [1.54, 1.807) is 0 Å². The van der Waals surface area contributed by atoms with E-state index in [9.17, 15) is 0 Å². The molecule has 1 nitrogen and oxygen atoms in total. The average molecular weight is 134 g/mol. The Morgan fingerprint density at radius 2 is 1.71 bits per heavy atom. The van der Waals surface area contributed by atoms with E-state index in [0.717, 1.165) is 0 Å². The monoisotopic (exact) mass is 133 g/mol. The van der Waals surface area contributed by atoms with E-state index in [-0.39, 0.29) is 0 Å². The number of rotatable bonds is 1. The van der Waals surface area contributed by atoms with Crippen molar-refractivity contribution in [3.63, 3.8) is 0 Å². The summed E-state index contributed by atoms with van der Waals surface area (Å²) in [5.74, 6) is 0.440. The van der Waals surface area contributed by atoms with E-state index in [0.29, 0.717) is 12.5 Å². The maximum atomic E-state index is 8.14. The number of halogens is 1. The molecule has 1 N–H and O–H groups in total. The van der Waals surface area contributed by atoms with Gasteiger partial charge >= 0.3 is 29.7 Å². The second-order valence-corrected chi connectivity index (χ2v) is 1.58. The summed E-state index contributed by atoms with van der Waals surface area (Å²) < 4.78 is 0. The molecule has 0 amide bonds. The summed E-state index contributed by atoms with van der Waals surface area (Å²) in [6.45, 7) is 4.25. The molecule has 0 aliphatic heterocycles. The number of aliphatic hydroxyl groups excluding tert-OH is 1. The van der Waals surface area contributed by atoms with Crippen LogP contribution < -0.4 is 0 Å². The summed E-state index contributed by atoms with van der Waals surface area (Å²) >= 11 is 1.33. The lowest BCUT2D eigenvalue weighted by Crippen LogP contribution is -1.90. The van der Waals surface area contributed by atoms with Crippen LogP contribution in [0.3, 0.4) is 0 Å². The molecule has 7 heavy (non-hydrogen) atoms. The van der Waals surface area contributed by atoms with Crippen LogP contribution in [0, 0.1) is 5.92 Å². The van der Waals surface area contributed by atoms with Crippen LogP contribution in [0.2, 0.25) is 0 Å². The van der Waals surface area contributed by atoms with Crippen LogP contribution in [0.15, 0.2) is 0 Å². The van der Waals surface area contributed by atoms with Crippen molar-refractivity contribution in [2.45, 2.75) is 13.8 Å². The zero-order valence-electron chi connectivity index (χ0n) is 4.82. The standard InChI is InChI=1S/C4H10O.ClH.Mg/c1-4(2)3-5;;/h4-5H,3H2,1-2H3;1H;/q;;+3/p-1. The molecule has 0 aliphatic rings. The Kier molecular flexibility index (Phi) is 15.7. The Hall–Kier alpha value is 1.02. The van der Waals surface area contributed by atoms with Gasteiger partial charge in [-0.2, -0.15) is 0 Å². The van der Waals surface area contributed by atoms with E-state index >= 15 is 0 Å². The lowest BCUT2D eigenvalue weighted by atomic mass is 10.2. The predicted octanol–water partition coefficient (Wildman–Crippen LogP) is 0.943. The van der Waals surface area contributed by atoms with E-state index in [1.807, 2.05) is 13.8 Å². The van der Waals surface area contributed by atoms with Gasteiger partial charge in [-0.1, -0.05) is 13.8 Å². The molecule has 0 aromatic rings. The average Bonchev–Trinajstić information content (AvgIpc) is 1.73. The number of hydrogen-bond acceptors (Lipinski definition) is 1. The van der Waals surface area contributed by atoms with Crippen LogP contribution in [0.25, 0.3) is 0 Å². The fourth-order valence-electron chi connectivity index (χ4n) is 0. The van der Waals surface area contributed by atoms with E-state index in [4.69, 9.17) is 5.11 Å². The number of aliphatic hydroxyl groups is 1. The van der Waals surface area contributed by atoms with Gasteiger partial charge in [0.25, 0.3) is 0 Å². The highest BCUT2D eigenvalue weighted by Gasteiger charge is 2.16. The molecular weight excluding hydrogens is 124 g/mol. The van der Waals surface area contributed by atoms with Gasteiger partial charge in [0, 0.05) is 6.61 Å². The quantitative estimate of drug-likeness (QED) is 0.529. The Balaban J connectivity index is 0. The maximum absolute atomic E-state index is 8.14. The van der Waals surface area contributed by atoms with Gasteiger partial charge in [-0.05, 0) is 5.92 Å². The van der Waals surface area contributed by atoms with Gasteiger partial charge in [0.1, 0.15) is 0 Å². The van der Waals surface area contributed by atoms with Crippen LogP contribution in [-0.4, -0.2) is 32.3 Å². The fraction of sp³-hybridized carbons (Fsp3) is 1.00. The zero-order chi connectivity index (χ0) is 6.28. The second kappa shape index (κ2) is 10.1. The molecule has 3 heteroatoms. The molecule has 0 bridgehead atoms. The highest BCUT2D eigenvalue weighted by Crippen LogP contribution is 1.83. The van der Waals surface area contributed by atoms with Gasteiger partial charge in [-0.25, -0.2) is 0 Å². The molecular formula is C4H10ClMgO+2. The third kappa shape index (κ3) is 19.4. The molecule has 0 aliphatic carbocycles. The molecule has 0 aromatic carbocycles. The molecule has 7 radical (unpaired) electrons. The van der Waals surface area contributed by atoms with Crippen molar-refractivity contribution in [3.8, 4) is 0 Å². The molecule has 0 rings (SSSR count). The Morgan fingerprint density at radius 3 is 1.71 bits per heavy atom. The van der Waals surface area contributed by atoms with Crippen molar-refractivity contribution in [2.24, 2.45) is 5.92 Å². The molecule has 0 heterocycles. The van der Waals surface area contributed by atoms with Crippen LogP contribution in [0.5, 0.6) is 0 Å². The zero-order valence-corrected chi connectivity index (χ0v) is 6.99. The van der Waals surface area contributed by atoms with Crippen molar-refractivity contribution in [3.05, 3.63) is 0 Å². The lowest BCUT2D eigenvalue weighted by Gasteiger charge is -1.90. The molecule has 0 aromatic heterocycles. The van der Waals surface area contributed by atoms with Crippen LogP contribution >= 0.6 is 9.07 Å². The topological polar surface area (TPSA) is 20.2 Å². The smallest absolute Gasteiger partial charge is 0.396 e. The molecule has 0 saturated heterocycles. The third-order valence-corrected chi connectivity index (χ3v) is 0.365. The Labute approximate surface area is 61.3 Å². The minimum atomic E-state index is 0.306. The van der Waals surface area contributed by atoms with Gasteiger partial charge in [-0.3, -0.25) is 0 Å². The van der Waals surface area contributed by atoms with E-state index in [1.165, 1.54) is 20.6 Å². The summed E-state index contributed by atoms with van der Waals surface area (Å²) in [4.78, 5) is 0. The van der Waals surface area contributed by atoms with Crippen molar-refractivity contribution >= 4 is 29.7 Å². The maximum Gasteiger partial charge on any atom is 1.59 e. The highest BCUT2D eigenvalue weighted by atomic mass is 35.5. The molecule has 0 fully saturated rings. The van der Waals surface area contributed by atoms with Crippen LogP contribution in [0.1, 0.15) is 13.8 Å². The summed E-state index contributed by atoms with van der Waals surface area (Å²) in [5.41, 5.74) is 0. The first-order valence-electron chi connectivity index (χ1n) is 2.15. The minimum absolute atomic E-state index is 0.306. The van der Waals surface area contributed by atoms with Crippen LogP contribution in [-0.2, 0) is 0 Å².